The summed E-state index contributed by atoms with van der Waals surface area (Å²) < 4.78 is 1.86. The quantitative estimate of drug-likeness (QED) is 0.483. The van der Waals surface area contributed by atoms with Crippen LogP contribution in [0.5, 0.6) is 0 Å². The van der Waals surface area contributed by atoms with Crippen molar-refractivity contribution in [3.8, 4) is 5.82 Å². The van der Waals surface area contributed by atoms with Crippen molar-refractivity contribution in [2.24, 2.45) is 4.99 Å². The number of guanidine groups is 1. The molecule has 0 aliphatic rings. The fraction of sp³-hybridized carbons (Fsp3) is 0.250. The summed E-state index contributed by atoms with van der Waals surface area (Å²) in [6, 6.07) is 3.99. The average Bonchev–Trinajstić information content (AvgIpc) is 2.94. The van der Waals surface area contributed by atoms with Gasteiger partial charge in [0.15, 0.2) is 5.96 Å². The van der Waals surface area contributed by atoms with Gasteiger partial charge in [0.05, 0.1) is 0 Å². The van der Waals surface area contributed by atoms with E-state index in [1.54, 1.807) is 19.6 Å². The predicted molar refractivity (Wildman–Crippen MR) is 86.0 cm³/mol. The second-order valence-electron chi connectivity index (χ2n) is 3.67. The first-order valence-corrected chi connectivity index (χ1v) is 5.65. The van der Waals surface area contributed by atoms with Gasteiger partial charge in [-0.15, -0.1) is 24.0 Å². The van der Waals surface area contributed by atoms with Crippen molar-refractivity contribution in [1.29, 1.82) is 0 Å². The third-order valence-corrected chi connectivity index (χ3v) is 2.50. The molecule has 0 amide bonds. The molecule has 0 aliphatic carbocycles. The number of nitrogens with zero attached hydrogens (tertiary/aromatic N) is 4. The summed E-state index contributed by atoms with van der Waals surface area (Å²) in [6.07, 6.45) is 7.16. The zero-order valence-electron chi connectivity index (χ0n) is 10.9. The second-order valence-corrected chi connectivity index (χ2v) is 3.67. The van der Waals surface area contributed by atoms with Gasteiger partial charge in [0.1, 0.15) is 12.1 Å². The van der Waals surface area contributed by atoms with E-state index in [9.17, 15) is 0 Å². The van der Waals surface area contributed by atoms with Gasteiger partial charge in [0, 0.05) is 39.2 Å². The molecule has 2 aromatic rings. The maximum atomic E-state index is 4.37. The summed E-state index contributed by atoms with van der Waals surface area (Å²) in [4.78, 5) is 12.4. The van der Waals surface area contributed by atoms with Gasteiger partial charge >= 0.3 is 0 Å². The monoisotopic (exact) mass is 372 g/mol. The van der Waals surface area contributed by atoms with Crippen LogP contribution in [0.3, 0.4) is 0 Å². The number of imidazole rings is 1. The van der Waals surface area contributed by atoms with Crippen LogP contribution in [0.25, 0.3) is 5.82 Å². The lowest BCUT2D eigenvalue weighted by Gasteiger charge is -2.08. The maximum Gasteiger partial charge on any atom is 0.190 e. The van der Waals surface area contributed by atoms with Gasteiger partial charge in [-0.05, 0) is 11.6 Å². The first-order valence-electron chi connectivity index (χ1n) is 5.65. The highest BCUT2D eigenvalue weighted by Crippen LogP contribution is 2.04. The van der Waals surface area contributed by atoms with Crippen LogP contribution in [0, 0.1) is 0 Å². The Morgan fingerprint density at radius 2 is 2.26 bits per heavy atom. The van der Waals surface area contributed by atoms with E-state index < -0.39 is 0 Å². The average molecular weight is 372 g/mol. The molecular weight excluding hydrogens is 355 g/mol. The summed E-state index contributed by atoms with van der Waals surface area (Å²) >= 11 is 0. The first kappa shape index (κ1) is 15.4. The molecule has 2 rings (SSSR count). The smallest absolute Gasteiger partial charge is 0.190 e. The fourth-order valence-corrected chi connectivity index (χ4v) is 1.53. The number of nitrogens with one attached hydrogen (secondary N) is 2. The van der Waals surface area contributed by atoms with Crippen LogP contribution in [0.4, 0.5) is 0 Å². The van der Waals surface area contributed by atoms with E-state index in [0.717, 1.165) is 17.3 Å². The molecule has 6 nitrogen and oxygen atoms in total. The van der Waals surface area contributed by atoms with Gasteiger partial charge < -0.3 is 10.6 Å². The van der Waals surface area contributed by atoms with Crippen molar-refractivity contribution in [2.75, 3.05) is 14.1 Å². The normalized spacial score (nSPS) is 10.7. The van der Waals surface area contributed by atoms with E-state index in [1.165, 1.54) is 0 Å². The topological polar surface area (TPSA) is 67.1 Å². The molecule has 0 unspecified atom stereocenters. The fourth-order valence-electron chi connectivity index (χ4n) is 1.53. The number of rotatable bonds is 3. The second kappa shape index (κ2) is 7.72. The molecule has 7 heteroatoms. The van der Waals surface area contributed by atoms with Crippen LogP contribution in [0.1, 0.15) is 5.56 Å². The van der Waals surface area contributed by atoms with Crippen LogP contribution in [-0.2, 0) is 6.54 Å². The molecular formula is C12H17IN6. The van der Waals surface area contributed by atoms with Gasteiger partial charge in [0.2, 0.25) is 0 Å². The molecule has 0 spiro atoms. The van der Waals surface area contributed by atoms with Gasteiger partial charge in [-0.2, -0.15) is 0 Å². The summed E-state index contributed by atoms with van der Waals surface area (Å²) in [7, 11) is 3.56. The summed E-state index contributed by atoms with van der Waals surface area (Å²) in [5.41, 5.74) is 1.09. The Balaban J connectivity index is 0.00000180. The van der Waals surface area contributed by atoms with Crippen LogP contribution >= 0.6 is 24.0 Å². The molecule has 0 aromatic carbocycles. The number of hydrogen-bond acceptors (Lipinski definition) is 3. The van der Waals surface area contributed by atoms with Gasteiger partial charge in [-0.3, -0.25) is 9.56 Å². The molecule has 0 radical (unpaired) electrons. The van der Waals surface area contributed by atoms with Gasteiger partial charge in [-0.1, -0.05) is 6.07 Å². The molecule has 0 saturated heterocycles. The van der Waals surface area contributed by atoms with E-state index in [4.69, 9.17) is 0 Å². The minimum absolute atomic E-state index is 0. The molecule has 0 atom stereocenters. The Kier molecular flexibility index (Phi) is 6.26. The van der Waals surface area contributed by atoms with Crippen LogP contribution in [0.2, 0.25) is 0 Å². The summed E-state index contributed by atoms with van der Waals surface area (Å²) in [5.74, 6) is 1.61. The number of aliphatic imine (C=N–C) groups is 1. The molecule has 0 bridgehead atoms. The lowest BCUT2D eigenvalue weighted by molar-refractivity contribution is 0.856. The lowest BCUT2D eigenvalue weighted by atomic mass is 10.3. The standard InChI is InChI=1S/C12H16N6.HI/c1-13-12(14-2)17-8-10-3-4-11(16-7-10)18-6-5-15-9-18;/h3-7,9H,8H2,1-2H3,(H2,13,14,17);1H. The van der Waals surface area contributed by atoms with Crippen molar-refractivity contribution in [1.82, 2.24) is 25.2 Å². The zero-order chi connectivity index (χ0) is 12.8. The van der Waals surface area contributed by atoms with Gasteiger partial charge in [0.25, 0.3) is 0 Å². The number of pyridine rings is 1. The molecule has 2 N–H and O–H groups in total. The Labute approximate surface area is 129 Å². The number of aromatic nitrogens is 3. The van der Waals surface area contributed by atoms with Crippen LogP contribution in [0.15, 0.2) is 42.0 Å². The highest BCUT2D eigenvalue weighted by Gasteiger charge is 1.99. The Bertz CT molecular complexity index is 506. The van der Waals surface area contributed by atoms with E-state index >= 15 is 0 Å². The summed E-state index contributed by atoms with van der Waals surface area (Å²) in [6.45, 7) is 0.685. The Morgan fingerprint density at radius 3 is 2.79 bits per heavy atom. The minimum Gasteiger partial charge on any atom is -0.359 e. The highest BCUT2D eigenvalue weighted by molar-refractivity contribution is 14.0. The van der Waals surface area contributed by atoms with Crippen molar-refractivity contribution >= 4 is 29.9 Å². The van der Waals surface area contributed by atoms with Crippen molar-refractivity contribution < 1.29 is 0 Å². The van der Waals surface area contributed by atoms with E-state index in [0.29, 0.717) is 6.54 Å². The molecule has 2 heterocycles. The van der Waals surface area contributed by atoms with E-state index in [2.05, 4.69) is 25.6 Å². The van der Waals surface area contributed by atoms with Gasteiger partial charge in [-0.25, -0.2) is 9.97 Å². The molecule has 102 valence electrons. The zero-order valence-corrected chi connectivity index (χ0v) is 13.2. The molecule has 0 fully saturated rings. The molecule has 0 aliphatic heterocycles. The van der Waals surface area contributed by atoms with Crippen molar-refractivity contribution in [3.63, 3.8) is 0 Å². The Morgan fingerprint density at radius 1 is 1.42 bits per heavy atom. The molecule has 0 saturated carbocycles. The van der Waals surface area contributed by atoms with E-state index in [1.807, 2.05) is 36.1 Å². The maximum absolute atomic E-state index is 4.37. The first-order chi connectivity index (χ1) is 8.83. The third kappa shape index (κ3) is 4.19. The van der Waals surface area contributed by atoms with Crippen LogP contribution in [-0.4, -0.2) is 34.6 Å². The van der Waals surface area contributed by atoms with Crippen LogP contribution < -0.4 is 10.6 Å². The minimum atomic E-state index is 0. The molecule has 2 aromatic heterocycles. The van der Waals surface area contributed by atoms with Crippen molar-refractivity contribution in [2.45, 2.75) is 6.54 Å². The Hall–Kier alpha value is -1.64. The third-order valence-electron chi connectivity index (χ3n) is 2.50. The lowest BCUT2D eigenvalue weighted by Crippen LogP contribution is -2.34. The largest absolute Gasteiger partial charge is 0.359 e. The SMILES string of the molecule is CN=C(NC)NCc1ccc(-n2ccnc2)nc1.I. The highest BCUT2D eigenvalue weighted by atomic mass is 127. The van der Waals surface area contributed by atoms with Crippen molar-refractivity contribution in [3.05, 3.63) is 42.6 Å². The number of hydrogen-bond donors (Lipinski definition) is 2. The summed E-state index contributed by atoms with van der Waals surface area (Å²) in [5, 5.41) is 6.13. The number of halogens is 1. The molecule has 19 heavy (non-hydrogen) atoms. The predicted octanol–water partition coefficient (Wildman–Crippen LogP) is 1.18. The van der Waals surface area contributed by atoms with E-state index in [-0.39, 0.29) is 24.0 Å².